The largest absolute Gasteiger partial charge is 0.508 e. The van der Waals surface area contributed by atoms with Gasteiger partial charge in [0.25, 0.3) is 0 Å². The molecule has 0 aliphatic carbocycles. The first-order valence-electron chi connectivity index (χ1n) is 16.4. The van der Waals surface area contributed by atoms with Crippen LogP contribution in [0, 0.1) is 0 Å². The van der Waals surface area contributed by atoms with E-state index in [0.717, 1.165) is 12.1 Å². The first-order chi connectivity index (χ1) is 25.1. The third-order valence-electron chi connectivity index (χ3n) is 9.29. The van der Waals surface area contributed by atoms with Crippen LogP contribution < -0.4 is 14.9 Å². The normalized spacial score (nSPS) is 37.8. The van der Waals surface area contributed by atoms with Gasteiger partial charge in [0.15, 0.2) is 18.2 Å². The zero-order valence-electron chi connectivity index (χ0n) is 27.7. The molecule has 0 amide bonds. The molecule has 3 aliphatic rings. The Morgan fingerprint density at radius 1 is 0.660 bits per heavy atom. The maximum absolute atomic E-state index is 14.2. The Kier molecular flexibility index (Phi) is 11.5. The van der Waals surface area contributed by atoms with Gasteiger partial charge in [0.1, 0.15) is 89.3 Å². The van der Waals surface area contributed by atoms with Gasteiger partial charge in [-0.3, -0.25) is 4.79 Å². The fourth-order valence-corrected chi connectivity index (χ4v) is 6.23. The molecule has 0 saturated carbocycles. The molecule has 3 aliphatic heterocycles. The lowest BCUT2D eigenvalue weighted by Crippen LogP contribution is -2.64. The van der Waals surface area contributed by atoms with Gasteiger partial charge >= 0.3 is 0 Å². The van der Waals surface area contributed by atoms with E-state index in [1.165, 1.54) is 31.2 Å². The van der Waals surface area contributed by atoms with Gasteiger partial charge in [-0.15, -0.1) is 0 Å². The molecule has 15 atom stereocenters. The second-order valence-electron chi connectivity index (χ2n) is 12.9. The van der Waals surface area contributed by atoms with Crippen molar-refractivity contribution in [3.05, 3.63) is 46.6 Å². The Morgan fingerprint density at radius 3 is 1.89 bits per heavy atom. The topological polar surface area (TPSA) is 328 Å². The third-order valence-corrected chi connectivity index (χ3v) is 9.29. The van der Waals surface area contributed by atoms with E-state index in [2.05, 4.69) is 0 Å². The highest BCUT2D eigenvalue weighted by atomic mass is 16.8. The average Bonchev–Trinajstić information content (AvgIpc) is 3.13. The number of aromatic hydroxyl groups is 2. The predicted molar refractivity (Wildman–Crippen MR) is 171 cm³/mol. The highest BCUT2D eigenvalue weighted by Gasteiger charge is 2.51. The van der Waals surface area contributed by atoms with Crippen LogP contribution >= 0.6 is 0 Å². The van der Waals surface area contributed by atoms with E-state index in [4.69, 9.17) is 32.8 Å². The van der Waals surface area contributed by atoms with Crippen LogP contribution in [-0.2, 0) is 18.9 Å². The molecule has 3 fully saturated rings. The highest BCUT2D eigenvalue weighted by molar-refractivity contribution is 5.88. The molecular formula is C33H40O20. The van der Waals surface area contributed by atoms with Crippen LogP contribution in [0.25, 0.3) is 22.3 Å². The molecule has 0 unspecified atom stereocenters. The molecular weight excluding hydrogens is 716 g/mol. The number of aliphatic hydroxyl groups is 10. The average molecular weight is 757 g/mol. The van der Waals surface area contributed by atoms with Crippen molar-refractivity contribution in [3.8, 4) is 34.3 Å². The number of benzene rings is 2. The summed E-state index contributed by atoms with van der Waals surface area (Å²) in [6.07, 6.45) is -25.3. The van der Waals surface area contributed by atoms with E-state index in [1.807, 2.05) is 0 Å². The summed E-state index contributed by atoms with van der Waals surface area (Å²) in [6.45, 7) is -0.235. The van der Waals surface area contributed by atoms with E-state index >= 15 is 0 Å². The lowest BCUT2D eigenvalue weighted by Gasteiger charge is -2.45. The molecule has 3 aromatic rings. The van der Waals surface area contributed by atoms with Gasteiger partial charge in [-0.2, -0.15) is 0 Å². The van der Waals surface area contributed by atoms with Gasteiger partial charge in [0, 0.05) is 17.7 Å². The molecule has 1 aromatic heterocycles. The number of rotatable bonds is 9. The molecule has 53 heavy (non-hydrogen) atoms. The number of phenols is 2. The van der Waals surface area contributed by atoms with Crippen molar-refractivity contribution in [2.24, 2.45) is 0 Å². The highest BCUT2D eigenvalue weighted by Crippen LogP contribution is 2.39. The number of aliphatic hydroxyl groups excluding tert-OH is 10. The van der Waals surface area contributed by atoms with Crippen molar-refractivity contribution in [1.29, 1.82) is 0 Å². The van der Waals surface area contributed by atoms with Gasteiger partial charge in [-0.25, -0.2) is 0 Å². The minimum absolute atomic E-state index is 0.0982. The summed E-state index contributed by atoms with van der Waals surface area (Å²) in [7, 11) is 0. The van der Waals surface area contributed by atoms with Crippen molar-refractivity contribution in [1.82, 2.24) is 0 Å². The fourth-order valence-electron chi connectivity index (χ4n) is 6.23. The van der Waals surface area contributed by atoms with E-state index in [1.54, 1.807) is 0 Å². The SMILES string of the molecule is C[C@@H]1O[C@@H](O[C@@H]2[C@H](Oc3c(-c4ccc(O)cc4)oc4cc(O[C@@H]5O[C@H](CO)[C@@H](O)[C@H](O)[C@@H]5O)cc(O)c4c3=O)O[C@@H](CO)[C@@H](O)[C@@H]2O)[C@@H](O)[C@H](O)[C@H]1O. The van der Waals surface area contributed by atoms with Crippen molar-refractivity contribution in [2.75, 3.05) is 13.2 Å². The van der Waals surface area contributed by atoms with Crippen molar-refractivity contribution < 1.29 is 94.1 Å². The summed E-state index contributed by atoms with van der Waals surface area (Å²) >= 11 is 0. The standard InChI is InChI=1S/C33H40O20/c1-10-19(38)23(42)26(45)31(47-10)53-30-25(44)21(40)17(9-35)51-33(30)52-29-22(41)18-14(37)6-13(48-32-27(46)24(43)20(39)16(8-34)50-32)7-15(18)49-28(29)11-2-4-12(36)5-3-11/h2-7,10,16-17,19-21,23-27,30-40,42-46H,8-9H2,1H3/t10-,16+,17-,19-,20+,21+,23+,24-,25-,26-,27-,30-,31-,32+,33-/m0/s1. The summed E-state index contributed by atoms with van der Waals surface area (Å²) < 4.78 is 39.9. The van der Waals surface area contributed by atoms with Crippen molar-refractivity contribution >= 4 is 11.0 Å². The first kappa shape index (κ1) is 39.0. The molecule has 12 N–H and O–H groups in total. The predicted octanol–water partition coefficient (Wildman–Crippen LogP) is -3.92. The summed E-state index contributed by atoms with van der Waals surface area (Å²) in [5.74, 6) is -2.26. The summed E-state index contributed by atoms with van der Waals surface area (Å²) in [5.41, 5.74) is -1.30. The lowest BCUT2D eigenvalue weighted by atomic mass is 9.97. The molecule has 2 aromatic carbocycles. The molecule has 292 valence electrons. The maximum atomic E-state index is 14.2. The van der Waals surface area contributed by atoms with Crippen LogP contribution in [0.4, 0.5) is 0 Å². The molecule has 0 radical (unpaired) electrons. The van der Waals surface area contributed by atoms with Crippen molar-refractivity contribution in [3.63, 3.8) is 0 Å². The van der Waals surface area contributed by atoms with E-state index in [9.17, 15) is 66.1 Å². The number of ether oxygens (including phenoxy) is 6. The second-order valence-corrected chi connectivity index (χ2v) is 12.9. The van der Waals surface area contributed by atoms with Crippen LogP contribution in [0.2, 0.25) is 0 Å². The molecule has 4 heterocycles. The van der Waals surface area contributed by atoms with Crippen LogP contribution in [0.3, 0.4) is 0 Å². The molecule has 20 nitrogen and oxygen atoms in total. The summed E-state index contributed by atoms with van der Waals surface area (Å²) in [6, 6.07) is 7.18. The summed E-state index contributed by atoms with van der Waals surface area (Å²) in [4.78, 5) is 14.2. The van der Waals surface area contributed by atoms with Crippen LogP contribution in [0.1, 0.15) is 6.92 Å². The van der Waals surface area contributed by atoms with Gasteiger partial charge < -0.3 is 94.1 Å². The Bertz CT molecular complexity index is 1780. The van der Waals surface area contributed by atoms with E-state index < -0.39 is 128 Å². The minimum Gasteiger partial charge on any atom is -0.508 e. The number of hydrogen-bond acceptors (Lipinski definition) is 20. The Labute approximate surface area is 298 Å². The molecule has 20 heteroatoms. The van der Waals surface area contributed by atoms with Gasteiger partial charge in [-0.1, -0.05) is 0 Å². The molecule has 0 bridgehead atoms. The van der Waals surface area contributed by atoms with Gasteiger partial charge in [0.05, 0.1) is 19.3 Å². The minimum atomic E-state index is -1.94. The number of phenolic OH excluding ortho intramolecular Hbond substituents is 2. The first-order valence-corrected chi connectivity index (χ1v) is 16.4. The van der Waals surface area contributed by atoms with E-state index in [0.29, 0.717) is 0 Å². The lowest BCUT2D eigenvalue weighted by molar-refractivity contribution is -0.354. The maximum Gasteiger partial charge on any atom is 0.239 e. The Balaban J connectivity index is 1.41. The van der Waals surface area contributed by atoms with Gasteiger partial charge in [-0.05, 0) is 31.2 Å². The Hall–Kier alpha value is -3.71. The van der Waals surface area contributed by atoms with Gasteiger partial charge in [0.2, 0.25) is 23.8 Å². The number of fused-ring (bicyclic) bond motifs is 1. The zero-order chi connectivity index (χ0) is 38.5. The Morgan fingerprint density at radius 2 is 1.25 bits per heavy atom. The van der Waals surface area contributed by atoms with Crippen molar-refractivity contribution in [2.45, 2.75) is 99.0 Å². The molecule has 0 spiro atoms. The zero-order valence-corrected chi connectivity index (χ0v) is 27.7. The van der Waals surface area contributed by atoms with E-state index in [-0.39, 0.29) is 28.4 Å². The quantitative estimate of drug-likeness (QED) is 0.0992. The second kappa shape index (κ2) is 15.6. The molecule has 6 rings (SSSR count). The summed E-state index contributed by atoms with van der Waals surface area (Å²) in [5, 5.41) is 123. The van der Waals surface area contributed by atoms with Crippen LogP contribution in [0.5, 0.6) is 23.0 Å². The smallest absolute Gasteiger partial charge is 0.239 e. The number of hydrogen-bond donors (Lipinski definition) is 12. The monoisotopic (exact) mass is 756 g/mol. The molecule has 3 saturated heterocycles. The third kappa shape index (κ3) is 7.39. The van der Waals surface area contributed by atoms with Crippen LogP contribution in [0.15, 0.2) is 45.6 Å². The van der Waals surface area contributed by atoms with Crippen LogP contribution in [-0.4, -0.2) is 167 Å². The fraction of sp³-hybridized carbons (Fsp3) is 0.545.